The number of aliphatic hydroxyl groups excluding tert-OH is 8. The molecule has 0 spiro atoms. The van der Waals surface area contributed by atoms with Gasteiger partial charge in [-0.05, 0) is 84.4 Å². The van der Waals surface area contributed by atoms with Gasteiger partial charge in [0.15, 0.2) is 12.4 Å². The van der Waals surface area contributed by atoms with E-state index in [9.17, 15) is 50.8 Å². The average Bonchev–Trinajstić information content (AvgIpc) is 3.01. The number of carboxylic acid groups (broad SMARTS) is 1. The molecule has 1 saturated heterocycles. The summed E-state index contributed by atoms with van der Waals surface area (Å²) in [6.45, 7) is 12.0. The number of carboxylic acids is 1. The lowest BCUT2D eigenvalue weighted by Gasteiger charge is -2.72. The Kier molecular flexibility index (Phi) is 8.89. The molecule has 6 rings (SSSR count). The van der Waals surface area contributed by atoms with Gasteiger partial charge in [0, 0.05) is 5.41 Å². The van der Waals surface area contributed by atoms with Crippen molar-refractivity contribution in [2.75, 3.05) is 13.2 Å². The maximum absolute atomic E-state index is 11.9. The Balaban J connectivity index is 1.33. The van der Waals surface area contributed by atoms with Crippen LogP contribution in [0.25, 0.3) is 0 Å². The molecule has 274 valence electrons. The van der Waals surface area contributed by atoms with Gasteiger partial charge in [0.1, 0.15) is 18.3 Å². The molecule has 1 heterocycles. The molecule has 0 aromatic heterocycles. The van der Waals surface area contributed by atoms with Crippen LogP contribution >= 0.6 is 0 Å². The number of allylic oxidation sites excluding steroid dienone is 2. The second-order valence-electron chi connectivity index (χ2n) is 18.0. The molecule has 0 aromatic carbocycles. The van der Waals surface area contributed by atoms with E-state index in [2.05, 4.69) is 26.8 Å². The number of hydrogen-bond donors (Lipinski definition) is 9. The highest BCUT2D eigenvalue weighted by Crippen LogP contribution is 2.75. The standard InChI is InChI=1S/C36H58O12/c1-31(2)13-18-17-7-8-20-32(3)11-10-22(47-30-25(42)23(40)24(41)26(48-30)29(45)46)33(4,15-37)19(32)9-12-34(20,5)35(17,6)14-21(39)36(18,16-38)28(44)27(31)43/h7,18-28,30,37-44H,8-16H2,1-6H3,(H,45,46)/t18?,19?,20?,21?,22?,23?,24?,25?,26?,27?,28?,30?,32-,33-,34+,35+,36-/m0/s1. The minimum atomic E-state index is -1.83. The first-order valence-electron chi connectivity index (χ1n) is 17.8. The van der Waals surface area contributed by atoms with Gasteiger partial charge >= 0.3 is 5.97 Å². The van der Waals surface area contributed by atoms with Crippen LogP contribution in [0, 0.1) is 50.2 Å². The van der Waals surface area contributed by atoms with Gasteiger partial charge in [-0.3, -0.25) is 0 Å². The first kappa shape index (κ1) is 36.6. The van der Waals surface area contributed by atoms with Crippen molar-refractivity contribution < 1.29 is 60.2 Å². The average molecular weight is 683 g/mol. The fourth-order valence-electron chi connectivity index (χ4n) is 12.5. The first-order valence-corrected chi connectivity index (χ1v) is 17.8. The van der Waals surface area contributed by atoms with Gasteiger partial charge < -0.3 is 55.4 Å². The highest BCUT2D eigenvalue weighted by Gasteiger charge is 2.72. The van der Waals surface area contributed by atoms with Crippen LogP contribution in [0.3, 0.4) is 0 Å². The maximum atomic E-state index is 11.9. The van der Waals surface area contributed by atoms with Gasteiger partial charge in [0.2, 0.25) is 0 Å². The zero-order valence-electron chi connectivity index (χ0n) is 29.1. The first-order chi connectivity index (χ1) is 22.2. The van der Waals surface area contributed by atoms with Crippen molar-refractivity contribution in [3.63, 3.8) is 0 Å². The Morgan fingerprint density at radius 1 is 0.854 bits per heavy atom. The Labute approximate surface area is 282 Å². The molecule has 4 saturated carbocycles. The van der Waals surface area contributed by atoms with E-state index in [-0.39, 0.29) is 35.2 Å². The fourth-order valence-corrected chi connectivity index (χ4v) is 12.5. The number of carbonyl (C=O) groups is 1. The second-order valence-corrected chi connectivity index (χ2v) is 18.0. The lowest BCUT2D eigenvalue weighted by molar-refractivity contribution is -0.328. The smallest absolute Gasteiger partial charge is 0.335 e. The van der Waals surface area contributed by atoms with Gasteiger partial charge in [-0.2, -0.15) is 0 Å². The van der Waals surface area contributed by atoms with Crippen LogP contribution in [-0.4, -0.2) is 120 Å². The number of hydrogen-bond acceptors (Lipinski definition) is 11. The molecule has 17 atom stereocenters. The summed E-state index contributed by atoms with van der Waals surface area (Å²) in [6.07, 6.45) is -6.04. The van der Waals surface area contributed by atoms with Crippen molar-refractivity contribution in [3.05, 3.63) is 11.6 Å². The highest BCUT2D eigenvalue weighted by atomic mass is 16.7. The van der Waals surface area contributed by atoms with Crippen molar-refractivity contribution in [2.45, 2.75) is 142 Å². The van der Waals surface area contributed by atoms with Crippen LogP contribution in [0.2, 0.25) is 0 Å². The minimum absolute atomic E-state index is 0.0347. The predicted molar refractivity (Wildman–Crippen MR) is 171 cm³/mol. The molecular weight excluding hydrogens is 624 g/mol. The van der Waals surface area contributed by atoms with Crippen molar-refractivity contribution in [2.24, 2.45) is 50.2 Å². The van der Waals surface area contributed by atoms with Crippen molar-refractivity contribution in [1.82, 2.24) is 0 Å². The number of fused-ring (bicyclic) bond motifs is 7. The van der Waals surface area contributed by atoms with Crippen molar-refractivity contribution in [1.29, 1.82) is 0 Å². The number of aliphatic hydroxyl groups is 8. The molecule has 0 aromatic rings. The zero-order valence-corrected chi connectivity index (χ0v) is 29.1. The van der Waals surface area contributed by atoms with Crippen LogP contribution in [0.1, 0.15) is 86.5 Å². The molecule has 48 heavy (non-hydrogen) atoms. The summed E-state index contributed by atoms with van der Waals surface area (Å²) in [5, 5.41) is 97.2. The molecule has 6 aliphatic rings. The van der Waals surface area contributed by atoms with E-state index in [1.165, 1.54) is 0 Å². The molecule has 0 radical (unpaired) electrons. The van der Waals surface area contributed by atoms with Gasteiger partial charge in [0.05, 0.1) is 43.0 Å². The predicted octanol–water partition coefficient (Wildman–Crippen LogP) is 0.943. The van der Waals surface area contributed by atoms with E-state index in [0.717, 1.165) is 24.8 Å². The van der Waals surface area contributed by atoms with E-state index in [0.29, 0.717) is 25.7 Å². The van der Waals surface area contributed by atoms with E-state index < -0.39 is 89.4 Å². The van der Waals surface area contributed by atoms with Gasteiger partial charge in [0.25, 0.3) is 0 Å². The lowest BCUT2D eigenvalue weighted by Crippen LogP contribution is -2.71. The van der Waals surface area contributed by atoms with E-state index in [1.807, 2.05) is 20.8 Å². The largest absolute Gasteiger partial charge is 0.479 e. The van der Waals surface area contributed by atoms with Crippen LogP contribution in [0.15, 0.2) is 11.6 Å². The summed E-state index contributed by atoms with van der Waals surface area (Å²) >= 11 is 0. The quantitative estimate of drug-likeness (QED) is 0.146. The highest BCUT2D eigenvalue weighted by molar-refractivity contribution is 5.73. The Morgan fingerprint density at radius 3 is 2.12 bits per heavy atom. The molecule has 12 heteroatoms. The minimum Gasteiger partial charge on any atom is -0.479 e. The third kappa shape index (κ3) is 4.60. The lowest BCUT2D eigenvalue weighted by atomic mass is 9.33. The van der Waals surface area contributed by atoms with Gasteiger partial charge in [-0.1, -0.05) is 53.2 Å². The molecule has 0 bridgehead atoms. The Hall–Kier alpha value is -1.19. The van der Waals surface area contributed by atoms with Gasteiger partial charge in [-0.15, -0.1) is 0 Å². The van der Waals surface area contributed by atoms with E-state index in [4.69, 9.17) is 9.47 Å². The Bertz CT molecular complexity index is 1310. The van der Waals surface area contributed by atoms with Crippen LogP contribution in [0.5, 0.6) is 0 Å². The Morgan fingerprint density at radius 2 is 1.52 bits per heavy atom. The SMILES string of the molecule is CC1(C)CC2C3=CCC4[C@@]5(C)CCC(OC6OC(C(=O)O)C(O)C(O)C6O)[C@@](C)(CO)C5CC[C@@]4(C)[C@]3(C)CC(O)[C@@]2(CO)C(O)C1O. The number of ether oxygens (including phenoxy) is 2. The summed E-state index contributed by atoms with van der Waals surface area (Å²) in [7, 11) is 0. The number of aliphatic carboxylic acids is 1. The molecule has 5 fully saturated rings. The molecule has 0 amide bonds. The third-order valence-electron chi connectivity index (χ3n) is 15.6. The van der Waals surface area contributed by atoms with Crippen LogP contribution in [-0.2, 0) is 14.3 Å². The topological polar surface area (TPSA) is 218 Å². The van der Waals surface area contributed by atoms with E-state index >= 15 is 0 Å². The summed E-state index contributed by atoms with van der Waals surface area (Å²) in [6, 6.07) is 0. The summed E-state index contributed by atoms with van der Waals surface area (Å²) in [5.41, 5.74) is -2.56. The molecule has 5 aliphatic carbocycles. The van der Waals surface area contributed by atoms with Crippen molar-refractivity contribution >= 4 is 5.97 Å². The summed E-state index contributed by atoms with van der Waals surface area (Å²) in [5.74, 6) is -1.69. The maximum Gasteiger partial charge on any atom is 0.335 e. The van der Waals surface area contributed by atoms with Gasteiger partial charge in [-0.25, -0.2) is 4.79 Å². The van der Waals surface area contributed by atoms with Crippen LogP contribution in [0.4, 0.5) is 0 Å². The molecule has 1 aliphatic heterocycles. The van der Waals surface area contributed by atoms with E-state index in [1.54, 1.807) is 0 Å². The van der Waals surface area contributed by atoms with Crippen LogP contribution < -0.4 is 0 Å². The molecule has 12 unspecified atom stereocenters. The summed E-state index contributed by atoms with van der Waals surface area (Å²) < 4.78 is 11.7. The normalized spacial score (nSPS) is 56.2. The molecular formula is C36H58O12. The number of rotatable bonds is 5. The zero-order chi connectivity index (χ0) is 35.6. The third-order valence-corrected chi connectivity index (χ3v) is 15.6. The monoisotopic (exact) mass is 682 g/mol. The van der Waals surface area contributed by atoms with Crippen molar-refractivity contribution in [3.8, 4) is 0 Å². The fraction of sp³-hybridized carbons (Fsp3) is 0.917. The second kappa shape index (κ2) is 11.7. The summed E-state index contributed by atoms with van der Waals surface area (Å²) in [4.78, 5) is 11.7. The molecule has 9 N–H and O–H groups in total. The molecule has 12 nitrogen and oxygen atoms in total.